The molecule has 1 rings (SSSR count). The van der Waals surface area contributed by atoms with Crippen LogP contribution in [0, 0.1) is 0 Å². The van der Waals surface area contributed by atoms with Gasteiger partial charge < -0.3 is 24.8 Å². The molecule has 0 heterocycles. The Labute approximate surface area is 171 Å². The Morgan fingerprint density at radius 3 is 2.38 bits per heavy atom. The number of hydrogen-bond donors (Lipinski definition) is 2. The summed E-state index contributed by atoms with van der Waals surface area (Å²) in [6, 6.07) is 8.36. The van der Waals surface area contributed by atoms with Crippen LogP contribution in [0.5, 0.6) is 0 Å². The van der Waals surface area contributed by atoms with Gasteiger partial charge in [-0.25, -0.2) is 14.4 Å². The standard InChI is InChI=1S/C21H30N2O6/c1-21(2,3)29-19(25)22-14-10-6-9-13-17(18(24)27-4)23-20(26)28-15-16-11-7-5-8-12-16/h5-9,11-12,17H,10,13-15H2,1-4H3,(H,22,25)(H,23,26)/t17-/m0/s1. The van der Waals surface area contributed by atoms with Gasteiger partial charge in [0, 0.05) is 6.54 Å². The second-order valence-electron chi connectivity index (χ2n) is 7.21. The predicted octanol–water partition coefficient (Wildman–Crippen LogP) is 3.32. The van der Waals surface area contributed by atoms with E-state index in [9.17, 15) is 14.4 Å². The van der Waals surface area contributed by atoms with E-state index in [4.69, 9.17) is 14.2 Å². The molecule has 0 aliphatic heterocycles. The average molecular weight is 406 g/mol. The van der Waals surface area contributed by atoms with Gasteiger partial charge in [0.05, 0.1) is 7.11 Å². The van der Waals surface area contributed by atoms with Gasteiger partial charge in [0.25, 0.3) is 0 Å². The molecule has 2 N–H and O–H groups in total. The first kappa shape index (κ1) is 24.0. The molecule has 1 aromatic rings. The van der Waals surface area contributed by atoms with E-state index >= 15 is 0 Å². The molecule has 29 heavy (non-hydrogen) atoms. The van der Waals surface area contributed by atoms with Crippen LogP contribution in [0.25, 0.3) is 0 Å². The number of amides is 2. The van der Waals surface area contributed by atoms with Crippen LogP contribution < -0.4 is 10.6 Å². The van der Waals surface area contributed by atoms with Crippen LogP contribution in [0.4, 0.5) is 9.59 Å². The largest absolute Gasteiger partial charge is 0.467 e. The second kappa shape index (κ2) is 12.4. The summed E-state index contributed by atoms with van der Waals surface area (Å²) in [7, 11) is 1.25. The van der Waals surface area contributed by atoms with Gasteiger partial charge >= 0.3 is 18.2 Å². The summed E-state index contributed by atoms with van der Waals surface area (Å²) in [6.07, 6.45) is 3.12. The van der Waals surface area contributed by atoms with Crippen LogP contribution >= 0.6 is 0 Å². The number of carbonyl (C=O) groups is 3. The van der Waals surface area contributed by atoms with Crippen molar-refractivity contribution in [2.45, 2.75) is 51.9 Å². The zero-order valence-electron chi connectivity index (χ0n) is 17.4. The number of carbonyl (C=O) groups excluding carboxylic acids is 3. The molecular formula is C21H30N2O6. The van der Waals surface area contributed by atoms with Crippen molar-refractivity contribution < 1.29 is 28.6 Å². The van der Waals surface area contributed by atoms with Crippen LogP contribution in [-0.4, -0.2) is 43.5 Å². The van der Waals surface area contributed by atoms with Gasteiger partial charge in [0.1, 0.15) is 18.2 Å². The van der Waals surface area contributed by atoms with Gasteiger partial charge in [-0.3, -0.25) is 0 Å². The van der Waals surface area contributed by atoms with Crippen molar-refractivity contribution in [3.63, 3.8) is 0 Å². The molecule has 0 aliphatic carbocycles. The Balaban J connectivity index is 2.37. The van der Waals surface area contributed by atoms with Crippen LogP contribution in [-0.2, 0) is 25.6 Å². The van der Waals surface area contributed by atoms with Crippen molar-refractivity contribution in [1.29, 1.82) is 0 Å². The Kier molecular flexibility index (Phi) is 10.3. The fraction of sp³-hybridized carbons (Fsp3) is 0.476. The molecule has 0 unspecified atom stereocenters. The molecule has 0 radical (unpaired) electrons. The highest BCUT2D eigenvalue weighted by Crippen LogP contribution is 2.06. The highest BCUT2D eigenvalue weighted by atomic mass is 16.6. The number of alkyl carbamates (subject to hydrolysis) is 2. The highest BCUT2D eigenvalue weighted by molar-refractivity contribution is 5.81. The molecular weight excluding hydrogens is 376 g/mol. The van der Waals surface area contributed by atoms with E-state index in [1.165, 1.54) is 7.11 Å². The second-order valence-corrected chi connectivity index (χ2v) is 7.21. The quantitative estimate of drug-likeness (QED) is 0.282. The first-order valence-electron chi connectivity index (χ1n) is 9.38. The third-order valence-electron chi connectivity index (χ3n) is 3.51. The van der Waals surface area contributed by atoms with Crippen molar-refractivity contribution in [2.24, 2.45) is 0 Å². The highest BCUT2D eigenvalue weighted by Gasteiger charge is 2.21. The summed E-state index contributed by atoms with van der Waals surface area (Å²) in [5, 5.41) is 5.13. The van der Waals surface area contributed by atoms with E-state index in [0.29, 0.717) is 13.0 Å². The number of nitrogens with one attached hydrogen (secondary N) is 2. The van der Waals surface area contributed by atoms with E-state index in [1.54, 1.807) is 32.9 Å². The lowest BCUT2D eigenvalue weighted by Crippen LogP contribution is -2.41. The first-order chi connectivity index (χ1) is 13.7. The Hall–Kier alpha value is -3.03. The van der Waals surface area contributed by atoms with Crippen LogP contribution in [0.15, 0.2) is 42.5 Å². The molecule has 1 atom stereocenters. The molecule has 0 saturated heterocycles. The Bertz CT molecular complexity index is 682. The summed E-state index contributed by atoms with van der Waals surface area (Å²) in [5.74, 6) is -0.571. The molecule has 0 aliphatic rings. The van der Waals surface area contributed by atoms with Crippen LogP contribution in [0.3, 0.4) is 0 Å². The van der Waals surface area contributed by atoms with Gasteiger partial charge in [-0.15, -0.1) is 0 Å². The molecule has 0 bridgehead atoms. The number of hydrogen-bond acceptors (Lipinski definition) is 6. The third-order valence-corrected chi connectivity index (χ3v) is 3.51. The smallest absolute Gasteiger partial charge is 0.408 e. The number of methoxy groups -OCH3 is 1. The van der Waals surface area contributed by atoms with Gasteiger partial charge in [0.15, 0.2) is 0 Å². The minimum absolute atomic E-state index is 0.104. The molecule has 160 valence electrons. The molecule has 8 nitrogen and oxygen atoms in total. The van der Waals surface area contributed by atoms with Gasteiger partial charge in [0.2, 0.25) is 0 Å². The predicted molar refractivity (Wildman–Crippen MR) is 108 cm³/mol. The monoisotopic (exact) mass is 406 g/mol. The molecule has 8 heteroatoms. The maximum absolute atomic E-state index is 11.9. The zero-order chi connectivity index (χ0) is 21.7. The summed E-state index contributed by atoms with van der Waals surface area (Å²) in [4.78, 5) is 35.3. The minimum atomic E-state index is -0.863. The minimum Gasteiger partial charge on any atom is -0.467 e. The lowest BCUT2D eigenvalue weighted by molar-refractivity contribution is -0.142. The fourth-order valence-corrected chi connectivity index (χ4v) is 2.19. The molecule has 1 aromatic carbocycles. The maximum atomic E-state index is 11.9. The van der Waals surface area contributed by atoms with Crippen LogP contribution in [0.2, 0.25) is 0 Å². The van der Waals surface area contributed by atoms with Crippen molar-refractivity contribution in [3.05, 3.63) is 48.0 Å². The van der Waals surface area contributed by atoms with E-state index in [0.717, 1.165) is 5.56 Å². The molecule has 2 amide bonds. The number of ether oxygens (including phenoxy) is 3. The normalized spacial score (nSPS) is 12.1. The van der Waals surface area contributed by atoms with Crippen LogP contribution in [0.1, 0.15) is 39.2 Å². The van der Waals surface area contributed by atoms with E-state index in [2.05, 4.69) is 10.6 Å². The maximum Gasteiger partial charge on any atom is 0.408 e. The van der Waals surface area contributed by atoms with Crippen molar-refractivity contribution in [1.82, 2.24) is 10.6 Å². The topological polar surface area (TPSA) is 103 Å². The lowest BCUT2D eigenvalue weighted by atomic mass is 10.2. The van der Waals surface area contributed by atoms with Crippen molar-refractivity contribution in [2.75, 3.05) is 13.7 Å². The molecule has 0 spiro atoms. The van der Waals surface area contributed by atoms with E-state index in [1.807, 2.05) is 30.3 Å². The summed E-state index contributed by atoms with van der Waals surface area (Å²) in [5.41, 5.74) is 0.295. The van der Waals surface area contributed by atoms with Crippen molar-refractivity contribution in [3.8, 4) is 0 Å². The molecule has 0 aromatic heterocycles. The SMILES string of the molecule is COC(=O)[C@H](CC=CCCNC(=O)OC(C)(C)C)NC(=O)OCc1ccccc1. The number of benzene rings is 1. The average Bonchev–Trinajstić information content (AvgIpc) is 2.66. The summed E-state index contributed by atoms with van der Waals surface area (Å²) in [6.45, 7) is 5.86. The Morgan fingerprint density at radius 2 is 1.76 bits per heavy atom. The molecule has 0 fully saturated rings. The Morgan fingerprint density at radius 1 is 1.07 bits per heavy atom. The van der Waals surface area contributed by atoms with Gasteiger partial charge in [-0.1, -0.05) is 42.5 Å². The van der Waals surface area contributed by atoms with Crippen molar-refractivity contribution >= 4 is 18.2 Å². The van der Waals surface area contributed by atoms with E-state index < -0.39 is 29.8 Å². The zero-order valence-corrected chi connectivity index (χ0v) is 17.4. The summed E-state index contributed by atoms with van der Waals surface area (Å²) < 4.78 is 15.0. The molecule has 0 saturated carbocycles. The lowest BCUT2D eigenvalue weighted by Gasteiger charge is -2.19. The van der Waals surface area contributed by atoms with Gasteiger partial charge in [-0.2, -0.15) is 0 Å². The first-order valence-corrected chi connectivity index (χ1v) is 9.38. The third kappa shape index (κ3) is 11.4. The number of esters is 1. The summed E-state index contributed by atoms with van der Waals surface area (Å²) >= 11 is 0. The fourth-order valence-electron chi connectivity index (χ4n) is 2.19. The van der Waals surface area contributed by atoms with Gasteiger partial charge in [-0.05, 0) is 39.2 Å². The number of rotatable bonds is 9. The van der Waals surface area contributed by atoms with E-state index in [-0.39, 0.29) is 13.0 Å².